The fraction of sp³-hybridized carbons (Fsp3) is 0.154. The molecule has 2 aromatic rings. The molecule has 0 unspecified atom stereocenters. The molecule has 0 aliphatic rings. The Morgan fingerprint density at radius 1 is 1.40 bits per heavy atom. The van der Waals surface area contributed by atoms with Gasteiger partial charge >= 0.3 is 0 Å². The number of nitrogens with one attached hydrogen (secondary N) is 1. The monoisotopic (exact) mass is 384 g/mol. The Morgan fingerprint density at radius 2 is 2.05 bits per heavy atom. The van der Waals surface area contributed by atoms with Crippen molar-refractivity contribution in [3.05, 3.63) is 50.2 Å². The molecule has 104 valence electrons. The van der Waals surface area contributed by atoms with Gasteiger partial charge in [0.15, 0.2) is 0 Å². The molecule has 0 bridgehead atoms. The fourth-order valence-corrected chi connectivity index (χ4v) is 2.08. The second-order valence-electron chi connectivity index (χ2n) is 4.21. The predicted molar refractivity (Wildman–Crippen MR) is 85.4 cm³/mol. The van der Waals surface area contributed by atoms with Crippen LogP contribution in [0.3, 0.4) is 0 Å². The van der Waals surface area contributed by atoms with Gasteiger partial charge < -0.3 is 11.1 Å². The molecule has 0 saturated carbocycles. The van der Waals surface area contributed by atoms with Crippen molar-refractivity contribution in [1.82, 2.24) is 9.55 Å². The summed E-state index contributed by atoms with van der Waals surface area (Å²) in [6.45, 7) is 1.62. The van der Waals surface area contributed by atoms with E-state index in [1.54, 1.807) is 31.2 Å². The minimum Gasteiger partial charge on any atom is -0.399 e. The third-order valence-electron chi connectivity index (χ3n) is 2.70. The maximum Gasteiger partial charge on any atom is 0.267 e. The van der Waals surface area contributed by atoms with Gasteiger partial charge in [-0.2, -0.15) is 0 Å². The number of amides is 1. The zero-order valence-corrected chi connectivity index (χ0v) is 12.9. The number of rotatable bonds is 3. The minimum atomic E-state index is -0.288. The zero-order chi connectivity index (χ0) is 14.7. The Hall–Kier alpha value is -1.90. The number of halogens is 1. The van der Waals surface area contributed by atoms with E-state index >= 15 is 0 Å². The summed E-state index contributed by atoms with van der Waals surface area (Å²) in [5.41, 5.74) is 6.61. The normalized spacial score (nSPS) is 10.3. The van der Waals surface area contributed by atoms with Gasteiger partial charge in [-0.15, -0.1) is 0 Å². The van der Waals surface area contributed by atoms with Crippen molar-refractivity contribution in [2.24, 2.45) is 0 Å². The summed E-state index contributed by atoms with van der Waals surface area (Å²) in [4.78, 5) is 28.0. The quantitative estimate of drug-likeness (QED) is 0.618. The van der Waals surface area contributed by atoms with Gasteiger partial charge in [-0.3, -0.25) is 14.2 Å². The highest BCUT2D eigenvalue weighted by atomic mass is 127. The van der Waals surface area contributed by atoms with E-state index in [2.05, 4.69) is 10.3 Å². The first-order valence-corrected chi connectivity index (χ1v) is 6.92. The van der Waals surface area contributed by atoms with Crippen LogP contribution in [0.1, 0.15) is 5.82 Å². The Bertz CT molecular complexity index is 695. The van der Waals surface area contributed by atoms with Crippen molar-refractivity contribution in [1.29, 1.82) is 0 Å². The molecule has 2 rings (SSSR count). The average molecular weight is 384 g/mol. The summed E-state index contributed by atoms with van der Waals surface area (Å²) in [6.07, 6.45) is 1.49. The van der Waals surface area contributed by atoms with Crippen LogP contribution >= 0.6 is 22.6 Å². The van der Waals surface area contributed by atoms with Crippen molar-refractivity contribution in [2.45, 2.75) is 13.5 Å². The molecule has 0 saturated heterocycles. The molecular formula is C13H13IN4O2. The first kappa shape index (κ1) is 14.5. The van der Waals surface area contributed by atoms with E-state index < -0.39 is 0 Å². The maximum absolute atomic E-state index is 12.0. The lowest BCUT2D eigenvalue weighted by atomic mass is 10.3. The molecule has 1 heterocycles. The van der Waals surface area contributed by atoms with E-state index in [1.165, 1.54) is 10.8 Å². The Kier molecular flexibility index (Phi) is 4.38. The lowest BCUT2D eigenvalue weighted by Gasteiger charge is -2.10. The SMILES string of the molecule is Cc1ncc(I)c(=O)n1CC(=O)Nc1ccc(N)cc1. The molecule has 0 spiro atoms. The van der Waals surface area contributed by atoms with Crippen LogP contribution in [0.15, 0.2) is 35.3 Å². The molecule has 20 heavy (non-hydrogen) atoms. The first-order valence-electron chi connectivity index (χ1n) is 5.84. The summed E-state index contributed by atoms with van der Waals surface area (Å²) < 4.78 is 1.82. The molecule has 1 aromatic carbocycles. The number of benzene rings is 1. The van der Waals surface area contributed by atoms with E-state index in [0.717, 1.165) is 0 Å². The number of aromatic nitrogens is 2. The second-order valence-corrected chi connectivity index (χ2v) is 5.38. The number of anilines is 2. The Balaban J connectivity index is 2.15. The van der Waals surface area contributed by atoms with Crippen molar-refractivity contribution >= 4 is 39.9 Å². The third kappa shape index (κ3) is 3.35. The van der Waals surface area contributed by atoms with E-state index in [1.807, 2.05) is 22.6 Å². The lowest BCUT2D eigenvalue weighted by molar-refractivity contribution is -0.116. The van der Waals surface area contributed by atoms with Gasteiger partial charge in [0.25, 0.3) is 5.56 Å². The van der Waals surface area contributed by atoms with E-state index in [0.29, 0.717) is 20.8 Å². The molecule has 0 atom stereocenters. The van der Waals surface area contributed by atoms with Crippen molar-refractivity contribution in [3.63, 3.8) is 0 Å². The number of carbonyl (C=O) groups excluding carboxylic acids is 1. The van der Waals surface area contributed by atoms with E-state index in [-0.39, 0.29) is 18.0 Å². The molecule has 0 aliphatic carbocycles. The van der Waals surface area contributed by atoms with E-state index in [9.17, 15) is 9.59 Å². The Labute approximate surface area is 129 Å². The van der Waals surface area contributed by atoms with Crippen LogP contribution in [0.2, 0.25) is 0 Å². The molecule has 1 amide bonds. The molecule has 0 fully saturated rings. The number of hydrogen-bond acceptors (Lipinski definition) is 4. The van der Waals surface area contributed by atoms with Crippen LogP contribution in [0.4, 0.5) is 11.4 Å². The summed E-state index contributed by atoms with van der Waals surface area (Å²) in [5, 5.41) is 2.71. The molecule has 0 aliphatic heterocycles. The highest BCUT2D eigenvalue weighted by molar-refractivity contribution is 14.1. The molecule has 6 nitrogen and oxygen atoms in total. The average Bonchev–Trinajstić information content (AvgIpc) is 2.42. The van der Waals surface area contributed by atoms with E-state index in [4.69, 9.17) is 5.73 Å². The van der Waals surface area contributed by atoms with Gasteiger partial charge in [0.05, 0.1) is 3.57 Å². The smallest absolute Gasteiger partial charge is 0.267 e. The summed E-state index contributed by atoms with van der Waals surface area (Å²) in [7, 11) is 0. The van der Waals surface area contributed by atoms with Crippen molar-refractivity contribution in [3.8, 4) is 0 Å². The fourth-order valence-electron chi connectivity index (χ4n) is 1.65. The molecule has 0 radical (unpaired) electrons. The topological polar surface area (TPSA) is 90.0 Å². The number of nitrogens with zero attached hydrogens (tertiary/aromatic N) is 2. The number of aryl methyl sites for hydroxylation is 1. The number of carbonyl (C=O) groups is 1. The third-order valence-corrected chi connectivity index (χ3v) is 3.44. The largest absolute Gasteiger partial charge is 0.399 e. The number of nitrogen functional groups attached to an aromatic ring is 1. The van der Waals surface area contributed by atoms with Gasteiger partial charge in [0.1, 0.15) is 12.4 Å². The van der Waals surface area contributed by atoms with Crippen molar-refractivity contribution < 1.29 is 4.79 Å². The lowest BCUT2D eigenvalue weighted by Crippen LogP contribution is -2.31. The molecule has 7 heteroatoms. The van der Waals surface area contributed by atoms with Crippen molar-refractivity contribution in [2.75, 3.05) is 11.1 Å². The first-order chi connectivity index (χ1) is 9.47. The standard InChI is InChI=1S/C13H13IN4O2/c1-8-16-6-11(14)13(20)18(8)7-12(19)17-10-4-2-9(15)3-5-10/h2-6H,7,15H2,1H3,(H,17,19). The zero-order valence-electron chi connectivity index (χ0n) is 10.8. The highest BCUT2D eigenvalue weighted by Crippen LogP contribution is 2.10. The van der Waals surface area contributed by atoms with Gasteiger partial charge in [0, 0.05) is 17.6 Å². The van der Waals surface area contributed by atoms with Gasteiger partial charge in [0.2, 0.25) is 5.91 Å². The number of hydrogen-bond donors (Lipinski definition) is 2. The maximum atomic E-state index is 12.0. The van der Waals surface area contributed by atoms with Gasteiger partial charge in [-0.05, 0) is 53.8 Å². The molecule has 1 aromatic heterocycles. The highest BCUT2D eigenvalue weighted by Gasteiger charge is 2.10. The Morgan fingerprint density at radius 3 is 2.70 bits per heavy atom. The van der Waals surface area contributed by atoms with Crippen LogP contribution in [-0.2, 0) is 11.3 Å². The summed E-state index contributed by atoms with van der Waals surface area (Å²) in [6, 6.07) is 6.80. The van der Waals surface area contributed by atoms with Gasteiger partial charge in [-0.1, -0.05) is 0 Å². The van der Waals surface area contributed by atoms with Crippen LogP contribution in [0, 0.1) is 10.5 Å². The minimum absolute atomic E-state index is 0.0706. The molecule has 3 N–H and O–H groups in total. The van der Waals surface area contributed by atoms with Crippen LogP contribution in [-0.4, -0.2) is 15.5 Å². The van der Waals surface area contributed by atoms with Crippen LogP contribution < -0.4 is 16.6 Å². The summed E-state index contributed by atoms with van der Waals surface area (Å²) in [5.74, 6) is 0.214. The second kappa shape index (κ2) is 6.04. The molecular weight excluding hydrogens is 371 g/mol. The predicted octanol–water partition coefficient (Wildman–Crippen LogP) is 1.38. The summed E-state index contributed by atoms with van der Waals surface area (Å²) >= 11 is 1.90. The number of nitrogens with two attached hydrogens (primary N) is 1. The van der Waals surface area contributed by atoms with Crippen LogP contribution in [0.5, 0.6) is 0 Å². The van der Waals surface area contributed by atoms with Crippen LogP contribution in [0.25, 0.3) is 0 Å². The van der Waals surface area contributed by atoms with Gasteiger partial charge in [-0.25, -0.2) is 4.98 Å².